The van der Waals surface area contributed by atoms with Crippen LogP contribution in [-0.2, 0) is 16.0 Å². The van der Waals surface area contributed by atoms with Gasteiger partial charge in [-0.2, -0.15) is 0 Å². The summed E-state index contributed by atoms with van der Waals surface area (Å²) in [5.41, 5.74) is 2.12. The number of carbonyl (C=O) groups excluding carboxylic acids is 2. The minimum atomic E-state index is -0.759. The molecule has 6 nitrogen and oxygen atoms in total. The van der Waals surface area contributed by atoms with Gasteiger partial charge in [0.05, 0.1) is 21.7 Å². The summed E-state index contributed by atoms with van der Waals surface area (Å²) >= 11 is 12.4. The van der Waals surface area contributed by atoms with Gasteiger partial charge < -0.3 is 19.6 Å². The molecule has 0 radical (unpaired) electrons. The van der Waals surface area contributed by atoms with Gasteiger partial charge in [0.2, 0.25) is 0 Å². The van der Waals surface area contributed by atoms with E-state index in [9.17, 15) is 14.7 Å². The molecule has 2 aliphatic heterocycles. The highest BCUT2D eigenvalue weighted by atomic mass is 35.5. The van der Waals surface area contributed by atoms with Gasteiger partial charge in [-0.05, 0) is 74.4 Å². The van der Waals surface area contributed by atoms with Crippen molar-refractivity contribution in [3.8, 4) is 5.75 Å². The van der Waals surface area contributed by atoms with E-state index in [-0.39, 0.29) is 17.4 Å². The van der Waals surface area contributed by atoms with Gasteiger partial charge in [0.15, 0.2) is 0 Å². The molecule has 2 aromatic carbocycles. The van der Waals surface area contributed by atoms with Crippen LogP contribution < -0.4 is 4.74 Å². The molecular weight excluding hydrogens is 487 g/mol. The fourth-order valence-corrected chi connectivity index (χ4v) is 5.18. The monoisotopic (exact) mass is 516 g/mol. The van der Waals surface area contributed by atoms with Gasteiger partial charge in [0.1, 0.15) is 17.6 Å². The third-order valence-corrected chi connectivity index (χ3v) is 7.48. The van der Waals surface area contributed by atoms with E-state index in [1.807, 2.05) is 13.0 Å². The third-order valence-electron chi connectivity index (χ3n) is 6.74. The maximum absolute atomic E-state index is 13.3. The van der Waals surface area contributed by atoms with E-state index < -0.39 is 17.7 Å². The van der Waals surface area contributed by atoms with Crippen LogP contribution >= 0.6 is 23.2 Å². The molecule has 0 saturated carbocycles. The summed E-state index contributed by atoms with van der Waals surface area (Å²) in [4.78, 5) is 30.2. The lowest BCUT2D eigenvalue weighted by Crippen LogP contribution is -2.33. The maximum atomic E-state index is 13.3. The lowest BCUT2D eigenvalue weighted by Gasteiger charge is -2.27. The predicted octanol–water partition coefficient (Wildman–Crippen LogP) is 5.47. The summed E-state index contributed by atoms with van der Waals surface area (Å²) in [5.74, 6) is -0.758. The molecule has 1 fully saturated rings. The molecule has 0 unspecified atom stereocenters. The maximum Gasteiger partial charge on any atom is 0.295 e. The Morgan fingerprint density at radius 3 is 2.54 bits per heavy atom. The third kappa shape index (κ3) is 5.06. The first-order chi connectivity index (χ1) is 16.7. The number of amides is 1. The number of carbonyl (C=O) groups is 2. The highest BCUT2D eigenvalue weighted by Crippen LogP contribution is 2.42. The molecule has 2 atom stereocenters. The number of likely N-dealkylation sites (tertiary alicyclic amines) is 1. The second kappa shape index (κ2) is 10.6. The van der Waals surface area contributed by atoms with Crippen LogP contribution in [0.5, 0.6) is 5.75 Å². The number of hydrogen-bond donors (Lipinski definition) is 1. The van der Waals surface area contributed by atoms with Gasteiger partial charge in [0.25, 0.3) is 11.7 Å². The number of aliphatic hydroxyl groups is 1. The van der Waals surface area contributed by atoms with Crippen molar-refractivity contribution in [1.82, 2.24) is 9.80 Å². The van der Waals surface area contributed by atoms with Crippen LogP contribution in [0.2, 0.25) is 10.0 Å². The zero-order valence-electron chi connectivity index (χ0n) is 20.2. The van der Waals surface area contributed by atoms with Crippen molar-refractivity contribution < 1.29 is 19.4 Å². The molecule has 35 heavy (non-hydrogen) atoms. The fourth-order valence-electron chi connectivity index (χ4n) is 4.87. The summed E-state index contributed by atoms with van der Waals surface area (Å²) < 4.78 is 5.76. The van der Waals surface area contributed by atoms with Crippen LogP contribution in [0.25, 0.3) is 5.76 Å². The van der Waals surface area contributed by atoms with Gasteiger partial charge >= 0.3 is 0 Å². The molecule has 186 valence electrons. The van der Waals surface area contributed by atoms with Gasteiger partial charge in [-0.3, -0.25) is 9.59 Å². The van der Waals surface area contributed by atoms with Gasteiger partial charge in [-0.1, -0.05) is 43.1 Å². The molecular formula is C27H30Cl2N2O4. The number of hydrogen-bond acceptors (Lipinski definition) is 5. The van der Waals surface area contributed by atoms with Crippen molar-refractivity contribution in [2.75, 3.05) is 26.2 Å². The summed E-state index contributed by atoms with van der Waals surface area (Å²) in [7, 11) is 0. The van der Waals surface area contributed by atoms with E-state index in [4.69, 9.17) is 27.9 Å². The number of Topliss-reactive ketones (excluding diaryl/α,β-unsaturated/α-hetero) is 1. The Morgan fingerprint density at radius 2 is 1.86 bits per heavy atom. The quantitative estimate of drug-likeness (QED) is 0.286. The summed E-state index contributed by atoms with van der Waals surface area (Å²) in [6.07, 6.45) is 1.46. The molecule has 1 saturated heterocycles. The number of halogens is 2. The van der Waals surface area contributed by atoms with Gasteiger partial charge in [0, 0.05) is 18.5 Å². The Morgan fingerprint density at radius 1 is 1.11 bits per heavy atom. The Balaban J connectivity index is 1.75. The van der Waals surface area contributed by atoms with Gasteiger partial charge in [-0.25, -0.2) is 0 Å². The molecule has 2 heterocycles. The van der Waals surface area contributed by atoms with E-state index in [0.29, 0.717) is 40.6 Å². The van der Waals surface area contributed by atoms with Crippen LogP contribution in [0.1, 0.15) is 49.9 Å². The van der Waals surface area contributed by atoms with Crippen molar-refractivity contribution in [2.45, 2.75) is 45.8 Å². The number of ketones is 1. The van der Waals surface area contributed by atoms with Crippen molar-refractivity contribution in [2.24, 2.45) is 0 Å². The molecule has 0 bridgehead atoms. The molecule has 4 rings (SSSR count). The van der Waals surface area contributed by atoms with Crippen molar-refractivity contribution in [1.29, 1.82) is 0 Å². The second-order valence-electron chi connectivity index (χ2n) is 9.00. The molecule has 1 amide bonds. The summed E-state index contributed by atoms with van der Waals surface area (Å²) in [5, 5.41) is 12.0. The van der Waals surface area contributed by atoms with E-state index in [2.05, 4.69) is 18.7 Å². The first-order valence-electron chi connectivity index (χ1n) is 12.0. The number of ether oxygens (including phenoxy) is 1. The first-order valence-corrected chi connectivity index (χ1v) is 12.8. The van der Waals surface area contributed by atoms with Crippen LogP contribution in [0.4, 0.5) is 0 Å². The topological polar surface area (TPSA) is 70.1 Å². The lowest BCUT2D eigenvalue weighted by atomic mass is 9.94. The van der Waals surface area contributed by atoms with Gasteiger partial charge in [-0.15, -0.1) is 0 Å². The highest BCUT2D eigenvalue weighted by molar-refractivity contribution is 6.46. The van der Waals surface area contributed by atoms with Crippen LogP contribution in [0.15, 0.2) is 42.0 Å². The normalized spacial score (nSPS) is 21.0. The minimum Gasteiger partial charge on any atom is -0.507 e. The van der Waals surface area contributed by atoms with E-state index in [1.165, 1.54) is 4.90 Å². The Bertz CT molecular complexity index is 1180. The molecule has 0 aliphatic carbocycles. The number of fused-ring (bicyclic) bond motifs is 1. The Hall–Kier alpha value is -2.54. The van der Waals surface area contributed by atoms with E-state index >= 15 is 0 Å². The standard InChI is InChI=1S/C27H30Cl2N2O4/c1-4-30(5-2)11-6-12-31-24(17-7-9-20(28)21(29)15-17)23(26(33)27(31)34)25(32)18-8-10-22-19(14-18)13-16(3)35-22/h7-10,14-16,24,32H,4-6,11-13H2,1-3H3/b25-23+/t16-,24-/m0/s1. The Kier molecular flexibility index (Phi) is 7.74. The lowest BCUT2D eigenvalue weighted by molar-refractivity contribution is -0.140. The van der Waals surface area contributed by atoms with Crippen LogP contribution in [-0.4, -0.2) is 58.9 Å². The largest absolute Gasteiger partial charge is 0.507 e. The zero-order chi connectivity index (χ0) is 25.3. The van der Waals surface area contributed by atoms with E-state index in [1.54, 1.807) is 30.3 Å². The van der Waals surface area contributed by atoms with Crippen molar-refractivity contribution in [3.63, 3.8) is 0 Å². The van der Waals surface area contributed by atoms with Crippen LogP contribution in [0, 0.1) is 0 Å². The van der Waals surface area contributed by atoms with Crippen molar-refractivity contribution in [3.05, 3.63) is 68.7 Å². The smallest absolute Gasteiger partial charge is 0.295 e. The number of benzene rings is 2. The molecule has 2 aromatic rings. The summed E-state index contributed by atoms with van der Waals surface area (Å²) in [6, 6.07) is 9.62. The average Bonchev–Trinajstić information content (AvgIpc) is 3.34. The van der Waals surface area contributed by atoms with Crippen molar-refractivity contribution >= 4 is 40.7 Å². The number of rotatable bonds is 8. The molecule has 8 heteroatoms. The molecule has 2 aliphatic rings. The molecule has 1 N–H and O–H groups in total. The van der Waals surface area contributed by atoms with E-state index in [0.717, 1.165) is 30.9 Å². The zero-order valence-corrected chi connectivity index (χ0v) is 21.7. The number of aliphatic hydroxyl groups excluding tert-OH is 1. The highest BCUT2D eigenvalue weighted by Gasteiger charge is 2.46. The second-order valence-corrected chi connectivity index (χ2v) is 9.82. The first kappa shape index (κ1) is 25.5. The minimum absolute atomic E-state index is 0.0509. The number of nitrogens with zero attached hydrogens (tertiary/aromatic N) is 2. The molecule has 0 aromatic heterocycles. The van der Waals surface area contributed by atoms with Crippen LogP contribution in [0.3, 0.4) is 0 Å². The summed E-state index contributed by atoms with van der Waals surface area (Å²) in [6.45, 7) is 9.15. The Labute approximate surface area is 216 Å². The SMILES string of the molecule is CCN(CC)CCCN1C(=O)C(=O)/C(=C(/O)c2ccc3c(c2)C[C@H](C)O3)[C@@H]1c1ccc(Cl)c(Cl)c1. The fraction of sp³-hybridized carbons (Fsp3) is 0.407. The molecule has 0 spiro atoms. The predicted molar refractivity (Wildman–Crippen MR) is 138 cm³/mol. The average molecular weight is 517 g/mol.